The van der Waals surface area contributed by atoms with Crippen molar-refractivity contribution in [2.24, 2.45) is 5.92 Å². The van der Waals surface area contributed by atoms with Gasteiger partial charge in [-0.2, -0.15) is 13.2 Å². The third-order valence-corrected chi connectivity index (χ3v) is 2.27. The summed E-state index contributed by atoms with van der Waals surface area (Å²) in [6.45, 7) is -0.230. The number of carbonyl (C=O) groups excluding carboxylic acids is 1. The minimum Gasteiger partial charge on any atom is -0.368 e. The second-order valence-electron chi connectivity index (χ2n) is 2.94. The van der Waals surface area contributed by atoms with E-state index in [9.17, 15) is 18.0 Å². The van der Waals surface area contributed by atoms with Gasteiger partial charge in [-0.25, -0.2) is 0 Å². The number of ether oxygens (including phenoxy) is 1. The Morgan fingerprint density at radius 2 is 2.00 bits per heavy atom. The first-order valence-electron chi connectivity index (χ1n) is 3.79. The fourth-order valence-corrected chi connectivity index (χ4v) is 1.36. The lowest BCUT2D eigenvalue weighted by Gasteiger charge is -2.28. The maximum Gasteiger partial charge on any atom is 0.414 e. The molecule has 0 aliphatic carbocycles. The first-order chi connectivity index (χ1) is 5.91. The molecule has 6 heteroatoms. The maximum atomic E-state index is 12.0. The van der Waals surface area contributed by atoms with E-state index < -0.39 is 23.4 Å². The molecule has 0 saturated carbocycles. The molecular formula is C7H8ClF3O2. The van der Waals surface area contributed by atoms with E-state index in [0.717, 1.165) is 0 Å². The van der Waals surface area contributed by atoms with Crippen LogP contribution in [0, 0.1) is 5.92 Å². The number of carbonyl (C=O) groups is 1. The van der Waals surface area contributed by atoms with Crippen LogP contribution in [0.3, 0.4) is 0 Å². The van der Waals surface area contributed by atoms with E-state index in [1.54, 1.807) is 0 Å². The molecule has 0 N–H and O–H groups in total. The van der Waals surface area contributed by atoms with Crippen LogP contribution in [0.5, 0.6) is 0 Å². The van der Waals surface area contributed by atoms with Crippen molar-refractivity contribution in [2.75, 3.05) is 6.61 Å². The van der Waals surface area contributed by atoms with Crippen LogP contribution >= 0.6 is 11.6 Å². The fraction of sp³-hybridized carbons (Fsp3) is 0.857. The minimum absolute atomic E-state index is 0.145. The van der Waals surface area contributed by atoms with Gasteiger partial charge in [0.05, 0.1) is 12.5 Å². The van der Waals surface area contributed by atoms with Crippen molar-refractivity contribution in [3.63, 3.8) is 0 Å². The Labute approximate surface area is 78.0 Å². The number of hydrogen-bond donors (Lipinski definition) is 0. The molecule has 1 saturated heterocycles. The average molecular weight is 217 g/mol. The van der Waals surface area contributed by atoms with Gasteiger partial charge < -0.3 is 4.74 Å². The smallest absolute Gasteiger partial charge is 0.368 e. The first-order valence-corrected chi connectivity index (χ1v) is 4.16. The highest BCUT2D eigenvalue weighted by Gasteiger charge is 2.43. The Kier molecular flexibility index (Phi) is 3.18. The van der Waals surface area contributed by atoms with Crippen LogP contribution in [0.25, 0.3) is 0 Å². The Bertz CT molecular complexity index is 196. The molecular weight excluding hydrogens is 209 g/mol. The van der Waals surface area contributed by atoms with Gasteiger partial charge in [-0.05, 0) is 24.4 Å². The summed E-state index contributed by atoms with van der Waals surface area (Å²) in [6, 6.07) is 0. The molecule has 2 nitrogen and oxygen atoms in total. The van der Waals surface area contributed by atoms with E-state index >= 15 is 0 Å². The van der Waals surface area contributed by atoms with Crippen molar-refractivity contribution in [2.45, 2.75) is 25.1 Å². The summed E-state index contributed by atoms with van der Waals surface area (Å²) in [7, 11) is 0. The molecule has 13 heavy (non-hydrogen) atoms. The number of hydrogen-bond acceptors (Lipinski definition) is 2. The van der Waals surface area contributed by atoms with E-state index in [1.807, 2.05) is 0 Å². The molecule has 0 amide bonds. The Balaban J connectivity index is 2.44. The number of alkyl halides is 3. The van der Waals surface area contributed by atoms with Gasteiger partial charge in [-0.1, -0.05) is 0 Å². The Morgan fingerprint density at radius 1 is 1.38 bits per heavy atom. The maximum absolute atomic E-state index is 12.0. The van der Waals surface area contributed by atoms with Gasteiger partial charge in [0, 0.05) is 0 Å². The summed E-state index contributed by atoms with van der Waals surface area (Å²) in [4.78, 5) is 10.6. The van der Waals surface area contributed by atoms with E-state index in [0.29, 0.717) is 0 Å². The van der Waals surface area contributed by atoms with Gasteiger partial charge in [0.15, 0.2) is 6.10 Å². The zero-order chi connectivity index (χ0) is 10.1. The molecule has 0 aromatic heterocycles. The van der Waals surface area contributed by atoms with Crippen molar-refractivity contribution in [3.8, 4) is 0 Å². The minimum atomic E-state index is -4.33. The molecule has 76 valence electrons. The summed E-state index contributed by atoms with van der Waals surface area (Å²) in [6.07, 6.45) is -6.11. The highest BCUT2D eigenvalue weighted by Crippen LogP contribution is 2.31. The summed E-state index contributed by atoms with van der Waals surface area (Å²) in [5, 5.41) is -0.624. The second-order valence-corrected chi connectivity index (χ2v) is 3.31. The SMILES string of the molecule is O=C(Cl)C1CCC(C(F)(F)F)OC1. The van der Waals surface area contributed by atoms with Gasteiger partial charge >= 0.3 is 6.18 Å². The Hall–Kier alpha value is -0.290. The van der Waals surface area contributed by atoms with Crippen LogP contribution in [0.2, 0.25) is 0 Å². The quantitative estimate of drug-likeness (QED) is 0.628. The topological polar surface area (TPSA) is 26.3 Å². The van der Waals surface area contributed by atoms with E-state index in [1.165, 1.54) is 0 Å². The van der Waals surface area contributed by atoms with Crippen LogP contribution in [-0.2, 0) is 9.53 Å². The predicted molar refractivity (Wildman–Crippen MR) is 39.4 cm³/mol. The molecule has 1 rings (SSSR count). The number of rotatable bonds is 1. The normalized spacial score (nSPS) is 30.2. The average Bonchev–Trinajstić information content (AvgIpc) is 2.03. The predicted octanol–water partition coefficient (Wildman–Crippen LogP) is 2.11. The monoisotopic (exact) mass is 216 g/mol. The summed E-state index contributed by atoms with van der Waals surface area (Å²) >= 11 is 5.12. The van der Waals surface area contributed by atoms with Gasteiger partial charge in [0.2, 0.25) is 5.24 Å². The lowest BCUT2D eigenvalue weighted by Crippen LogP contribution is -2.38. The second kappa shape index (κ2) is 3.84. The standard InChI is InChI=1S/C7H8ClF3O2/c8-6(12)4-1-2-5(13-3-4)7(9,10)11/h4-5H,1-3H2. The largest absolute Gasteiger partial charge is 0.414 e. The fourth-order valence-electron chi connectivity index (χ4n) is 1.19. The third-order valence-electron chi connectivity index (χ3n) is 1.96. The van der Waals surface area contributed by atoms with Gasteiger partial charge in [0.25, 0.3) is 0 Å². The third kappa shape index (κ3) is 2.84. The van der Waals surface area contributed by atoms with Crippen LogP contribution < -0.4 is 0 Å². The molecule has 0 radical (unpaired) electrons. The molecule has 0 aromatic carbocycles. The van der Waals surface area contributed by atoms with E-state index in [-0.39, 0.29) is 19.4 Å². The summed E-state index contributed by atoms with van der Waals surface area (Å²) < 4.78 is 40.6. The van der Waals surface area contributed by atoms with Gasteiger partial charge in [-0.15, -0.1) is 0 Å². The van der Waals surface area contributed by atoms with Crippen LogP contribution in [0.4, 0.5) is 13.2 Å². The molecule has 1 aliphatic rings. The summed E-state index contributed by atoms with van der Waals surface area (Å²) in [5.74, 6) is -0.583. The molecule has 1 aliphatic heterocycles. The van der Waals surface area contributed by atoms with Crippen LogP contribution in [0.15, 0.2) is 0 Å². The highest BCUT2D eigenvalue weighted by molar-refractivity contribution is 6.64. The summed E-state index contributed by atoms with van der Waals surface area (Å²) in [5.41, 5.74) is 0. The van der Waals surface area contributed by atoms with Gasteiger partial charge in [0.1, 0.15) is 0 Å². The molecule has 0 aromatic rings. The highest BCUT2D eigenvalue weighted by atomic mass is 35.5. The first kappa shape index (κ1) is 10.8. The van der Waals surface area contributed by atoms with Gasteiger partial charge in [-0.3, -0.25) is 4.79 Å². The van der Waals surface area contributed by atoms with Crippen LogP contribution in [-0.4, -0.2) is 24.1 Å². The van der Waals surface area contributed by atoms with Crippen molar-refractivity contribution in [3.05, 3.63) is 0 Å². The van der Waals surface area contributed by atoms with E-state index in [2.05, 4.69) is 4.74 Å². The molecule has 2 atom stereocenters. The molecule has 2 unspecified atom stereocenters. The molecule has 0 bridgehead atoms. The van der Waals surface area contributed by atoms with Crippen molar-refractivity contribution < 1.29 is 22.7 Å². The number of halogens is 4. The Morgan fingerprint density at radius 3 is 2.31 bits per heavy atom. The van der Waals surface area contributed by atoms with Crippen molar-refractivity contribution in [1.82, 2.24) is 0 Å². The molecule has 1 fully saturated rings. The zero-order valence-electron chi connectivity index (χ0n) is 6.60. The van der Waals surface area contributed by atoms with Crippen LogP contribution in [0.1, 0.15) is 12.8 Å². The molecule has 1 heterocycles. The lowest BCUT2D eigenvalue weighted by molar-refractivity contribution is -0.234. The lowest BCUT2D eigenvalue weighted by atomic mass is 9.99. The van der Waals surface area contributed by atoms with E-state index in [4.69, 9.17) is 11.6 Å². The zero-order valence-corrected chi connectivity index (χ0v) is 7.36. The van der Waals surface area contributed by atoms with Crippen molar-refractivity contribution in [1.29, 1.82) is 0 Å². The molecule has 0 spiro atoms. The van der Waals surface area contributed by atoms with Crippen molar-refractivity contribution >= 4 is 16.8 Å².